The van der Waals surface area contributed by atoms with Crippen molar-refractivity contribution in [2.45, 2.75) is 49.8 Å². The van der Waals surface area contributed by atoms with Gasteiger partial charge in [-0.3, -0.25) is 14.4 Å². The van der Waals surface area contributed by atoms with Crippen molar-refractivity contribution in [2.75, 3.05) is 5.32 Å². The van der Waals surface area contributed by atoms with E-state index in [0.29, 0.717) is 0 Å². The molecular formula is C24H24F2N2O5. The Balaban J connectivity index is 1.62. The molecular weight excluding hydrogens is 434 g/mol. The number of halogens is 2. The van der Waals surface area contributed by atoms with Crippen LogP contribution in [0.15, 0.2) is 48.5 Å². The molecule has 0 bridgehead atoms. The molecule has 4 N–H and O–H groups in total. The molecule has 1 aliphatic carbocycles. The van der Waals surface area contributed by atoms with Gasteiger partial charge in [0, 0.05) is 29.6 Å². The summed E-state index contributed by atoms with van der Waals surface area (Å²) in [6, 6.07) is 12.0. The van der Waals surface area contributed by atoms with E-state index >= 15 is 0 Å². The number of Topliss-reactive ketones (excluding diaryl/α,β-unsaturated/α-hetero) is 2. The number of nitrogens with two attached hydrogens (primary N) is 1. The van der Waals surface area contributed by atoms with Crippen LogP contribution >= 0.6 is 0 Å². The van der Waals surface area contributed by atoms with Crippen molar-refractivity contribution in [3.8, 4) is 5.75 Å². The van der Waals surface area contributed by atoms with Gasteiger partial charge in [-0.2, -0.15) is 8.78 Å². The van der Waals surface area contributed by atoms with Gasteiger partial charge in [-0.25, -0.2) is 0 Å². The molecule has 1 fully saturated rings. The van der Waals surface area contributed by atoms with E-state index in [0.717, 1.165) is 42.6 Å². The molecule has 2 aliphatic rings. The third kappa shape index (κ3) is 4.32. The predicted molar refractivity (Wildman–Crippen MR) is 116 cm³/mol. The minimum absolute atomic E-state index is 0.0420. The first kappa shape index (κ1) is 22.8. The molecule has 7 nitrogen and oxygen atoms in total. The van der Waals surface area contributed by atoms with Gasteiger partial charge < -0.3 is 20.9 Å². The van der Waals surface area contributed by atoms with Gasteiger partial charge in [-0.1, -0.05) is 24.6 Å². The molecule has 0 amide bonds. The second-order valence-electron chi connectivity index (χ2n) is 8.59. The first-order valence-corrected chi connectivity index (χ1v) is 10.7. The van der Waals surface area contributed by atoms with Crippen LogP contribution in [0, 0.1) is 5.92 Å². The lowest BCUT2D eigenvalue weighted by Crippen LogP contribution is -2.59. The van der Waals surface area contributed by atoms with Crippen LogP contribution in [0.3, 0.4) is 0 Å². The maximum Gasteiger partial charge on any atom is 0.387 e. The smallest absolute Gasteiger partial charge is 0.387 e. The molecule has 1 saturated carbocycles. The lowest BCUT2D eigenvalue weighted by molar-refractivity contribution is -0.146. The van der Waals surface area contributed by atoms with E-state index in [2.05, 4.69) is 10.1 Å². The highest BCUT2D eigenvalue weighted by atomic mass is 19.3. The number of hydrogen-bond acceptors (Lipinski definition) is 6. The molecule has 1 aliphatic heterocycles. The first-order valence-electron chi connectivity index (χ1n) is 10.7. The van der Waals surface area contributed by atoms with Crippen molar-refractivity contribution in [1.29, 1.82) is 0 Å². The number of carbonyl (C=O) groups is 3. The van der Waals surface area contributed by atoms with Crippen LogP contribution in [0.1, 0.15) is 47.5 Å². The van der Waals surface area contributed by atoms with Crippen LogP contribution in [-0.2, 0) is 9.59 Å². The molecule has 4 rings (SSSR count). The Morgan fingerprint density at radius 1 is 1.12 bits per heavy atom. The molecule has 2 aromatic rings. The molecule has 1 heterocycles. The highest BCUT2D eigenvalue weighted by Gasteiger charge is 2.53. The zero-order chi connectivity index (χ0) is 23.8. The lowest BCUT2D eigenvalue weighted by atomic mass is 9.66. The maximum atomic E-state index is 12.9. The van der Waals surface area contributed by atoms with Gasteiger partial charge in [0.25, 0.3) is 0 Å². The number of anilines is 1. The fourth-order valence-corrected chi connectivity index (χ4v) is 5.17. The number of benzene rings is 2. The monoisotopic (exact) mass is 458 g/mol. The normalized spacial score (nSPS) is 23.1. The Labute approximate surface area is 188 Å². The molecule has 33 heavy (non-hydrogen) atoms. The van der Waals surface area contributed by atoms with E-state index in [1.54, 1.807) is 12.1 Å². The van der Waals surface area contributed by atoms with E-state index in [4.69, 9.17) is 5.73 Å². The van der Waals surface area contributed by atoms with Crippen molar-refractivity contribution < 1.29 is 33.0 Å². The molecule has 0 aromatic heterocycles. The Kier molecular flexibility index (Phi) is 6.16. The molecule has 4 unspecified atom stereocenters. The molecule has 9 heteroatoms. The fraction of sp³-hybridized carbons (Fsp3) is 0.375. The topological polar surface area (TPSA) is 119 Å². The summed E-state index contributed by atoms with van der Waals surface area (Å²) in [6.45, 7) is -3.02. The quantitative estimate of drug-likeness (QED) is 0.409. The number of carbonyl (C=O) groups excluding carboxylic acids is 2. The van der Waals surface area contributed by atoms with Crippen molar-refractivity contribution in [3.63, 3.8) is 0 Å². The van der Waals surface area contributed by atoms with Crippen LogP contribution in [0.5, 0.6) is 5.75 Å². The van der Waals surface area contributed by atoms with Crippen molar-refractivity contribution in [1.82, 2.24) is 0 Å². The Morgan fingerprint density at radius 2 is 1.82 bits per heavy atom. The van der Waals surface area contributed by atoms with Crippen LogP contribution in [-0.4, -0.2) is 40.8 Å². The number of carboxylic acids is 1. The summed E-state index contributed by atoms with van der Waals surface area (Å²) in [5.74, 6) is -4.14. The average Bonchev–Trinajstić information content (AvgIpc) is 3.24. The largest absolute Gasteiger partial charge is 0.480 e. The van der Waals surface area contributed by atoms with Crippen LogP contribution in [0.4, 0.5) is 14.5 Å². The van der Waals surface area contributed by atoms with Gasteiger partial charge in [-0.15, -0.1) is 0 Å². The number of ether oxygens (including phenoxy) is 1. The lowest BCUT2D eigenvalue weighted by Gasteiger charge is -2.44. The number of aliphatic carboxylic acids is 1. The summed E-state index contributed by atoms with van der Waals surface area (Å²) in [5, 5.41) is 13.6. The second kappa shape index (κ2) is 8.90. The highest BCUT2D eigenvalue weighted by molar-refractivity contribution is 6.44. The zero-order valence-electron chi connectivity index (χ0n) is 17.7. The minimum Gasteiger partial charge on any atom is -0.480 e. The van der Waals surface area contributed by atoms with Gasteiger partial charge in [0.05, 0.1) is 0 Å². The van der Waals surface area contributed by atoms with Crippen LogP contribution < -0.4 is 15.8 Å². The van der Waals surface area contributed by atoms with Gasteiger partial charge >= 0.3 is 12.6 Å². The number of hydrogen-bond donors (Lipinski definition) is 3. The molecule has 4 atom stereocenters. The number of alkyl halides is 2. The Morgan fingerprint density at radius 3 is 2.48 bits per heavy atom. The van der Waals surface area contributed by atoms with E-state index in [9.17, 15) is 28.3 Å². The number of ketones is 2. The Hall–Kier alpha value is -3.33. The van der Waals surface area contributed by atoms with E-state index in [1.807, 2.05) is 12.1 Å². The first-order chi connectivity index (χ1) is 15.7. The van der Waals surface area contributed by atoms with E-state index in [-0.39, 0.29) is 23.3 Å². The highest BCUT2D eigenvalue weighted by Crippen LogP contribution is 2.50. The zero-order valence-corrected chi connectivity index (χ0v) is 17.7. The van der Waals surface area contributed by atoms with E-state index < -0.39 is 42.0 Å². The Bertz CT molecular complexity index is 1070. The van der Waals surface area contributed by atoms with Gasteiger partial charge in [0.15, 0.2) is 0 Å². The molecule has 174 valence electrons. The number of para-hydroxylation sites is 1. The maximum absolute atomic E-state index is 12.9. The third-order valence-electron chi connectivity index (χ3n) is 6.64. The number of rotatable bonds is 8. The molecule has 0 saturated heterocycles. The van der Waals surface area contributed by atoms with Crippen molar-refractivity contribution in [2.24, 2.45) is 11.7 Å². The minimum atomic E-state index is -3.02. The van der Waals surface area contributed by atoms with Crippen molar-refractivity contribution >= 4 is 23.2 Å². The number of nitrogens with one attached hydrogen (secondary N) is 1. The fourth-order valence-electron chi connectivity index (χ4n) is 5.17. The predicted octanol–water partition coefficient (Wildman–Crippen LogP) is 3.59. The summed E-state index contributed by atoms with van der Waals surface area (Å²) >= 11 is 0. The van der Waals surface area contributed by atoms with Crippen LogP contribution in [0.2, 0.25) is 0 Å². The summed E-state index contributed by atoms with van der Waals surface area (Å²) < 4.78 is 28.9. The standard InChI is InChI=1S/C24H24F2N2O5/c25-23(26)33-14-10-8-13(9-11-14)21(30)19(29)12-24(27,22(31)32)20-15-4-1-2-6-17(15)28-18-7-3-5-16(18)20/h1-2,4,6,8-11,16,18,20,23,28H,3,5,7,12,27H2,(H,31,32). The molecule has 2 aromatic carbocycles. The summed E-state index contributed by atoms with van der Waals surface area (Å²) in [6.07, 6.45) is 1.85. The van der Waals surface area contributed by atoms with E-state index in [1.165, 1.54) is 12.1 Å². The molecule has 0 spiro atoms. The van der Waals surface area contributed by atoms with Gasteiger partial charge in [-0.05, 0) is 54.7 Å². The summed E-state index contributed by atoms with van der Waals surface area (Å²) in [5.41, 5.74) is 5.94. The third-order valence-corrected chi connectivity index (χ3v) is 6.64. The van der Waals surface area contributed by atoms with Crippen LogP contribution in [0.25, 0.3) is 0 Å². The number of fused-ring (bicyclic) bond motifs is 2. The SMILES string of the molecule is NC(CC(=O)C(=O)c1ccc(OC(F)F)cc1)(C(=O)O)C1c2ccccc2NC2CCCC21. The van der Waals surface area contributed by atoms with Gasteiger partial charge in [0.2, 0.25) is 11.6 Å². The molecule has 0 radical (unpaired) electrons. The summed E-state index contributed by atoms with van der Waals surface area (Å²) in [4.78, 5) is 38.1. The second-order valence-corrected chi connectivity index (χ2v) is 8.59. The average molecular weight is 458 g/mol. The summed E-state index contributed by atoms with van der Waals surface area (Å²) in [7, 11) is 0. The number of carboxylic acid groups (broad SMARTS) is 1. The van der Waals surface area contributed by atoms with Gasteiger partial charge in [0.1, 0.15) is 11.3 Å². The van der Waals surface area contributed by atoms with Crippen molar-refractivity contribution in [3.05, 3.63) is 59.7 Å².